The first-order valence-electron chi connectivity index (χ1n) is 6.29. The SMILES string of the molecule is CCOC(=O)c1cc(Nc2cc(F)cc(Cl)c2)ccc1N. The number of carbonyl (C=O) groups is 1. The van der Waals surface area contributed by atoms with Crippen LogP contribution in [0.25, 0.3) is 0 Å². The van der Waals surface area contributed by atoms with E-state index < -0.39 is 11.8 Å². The lowest BCUT2D eigenvalue weighted by Gasteiger charge is -2.10. The average molecular weight is 309 g/mol. The monoisotopic (exact) mass is 308 g/mol. The van der Waals surface area contributed by atoms with Gasteiger partial charge in [0.25, 0.3) is 0 Å². The number of benzene rings is 2. The van der Waals surface area contributed by atoms with E-state index in [2.05, 4.69) is 5.32 Å². The van der Waals surface area contributed by atoms with Crippen LogP contribution in [0, 0.1) is 5.82 Å². The van der Waals surface area contributed by atoms with Crippen LogP contribution in [-0.4, -0.2) is 12.6 Å². The Morgan fingerprint density at radius 3 is 2.71 bits per heavy atom. The van der Waals surface area contributed by atoms with Gasteiger partial charge in [-0.2, -0.15) is 0 Å². The molecule has 0 amide bonds. The molecule has 0 aromatic heterocycles. The Morgan fingerprint density at radius 1 is 1.29 bits per heavy atom. The fraction of sp³-hybridized carbons (Fsp3) is 0.133. The van der Waals surface area contributed by atoms with Crippen LogP contribution in [0.1, 0.15) is 17.3 Å². The highest BCUT2D eigenvalue weighted by atomic mass is 35.5. The van der Waals surface area contributed by atoms with Crippen LogP contribution in [-0.2, 0) is 4.74 Å². The molecule has 0 heterocycles. The Morgan fingerprint density at radius 2 is 2.05 bits per heavy atom. The molecule has 2 aromatic carbocycles. The van der Waals surface area contributed by atoms with Gasteiger partial charge in [-0.15, -0.1) is 0 Å². The highest BCUT2D eigenvalue weighted by molar-refractivity contribution is 6.30. The van der Waals surface area contributed by atoms with Gasteiger partial charge in [-0.05, 0) is 43.3 Å². The lowest BCUT2D eigenvalue weighted by Crippen LogP contribution is -2.08. The standard InChI is InChI=1S/C15H14ClFN2O2/c1-2-21-15(20)13-8-11(3-4-14(13)18)19-12-6-9(16)5-10(17)7-12/h3-8,19H,2,18H2,1H3. The van der Waals surface area contributed by atoms with E-state index in [0.717, 1.165) is 0 Å². The molecule has 0 spiro atoms. The van der Waals surface area contributed by atoms with Crippen molar-refractivity contribution in [2.24, 2.45) is 0 Å². The molecular formula is C15H14ClFN2O2. The first-order valence-corrected chi connectivity index (χ1v) is 6.67. The molecule has 0 radical (unpaired) electrons. The molecular weight excluding hydrogens is 295 g/mol. The van der Waals surface area contributed by atoms with Crippen molar-refractivity contribution < 1.29 is 13.9 Å². The van der Waals surface area contributed by atoms with Gasteiger partial charge in [-0.1, -0.05) is 11.6 Å². The predicted molar refractivity (Wildman–Crippen MR) is 81.5 cm³/mol. The van der Waals surface area contributed by atoms with Gasteiger partial charge in [0.2, 0.25) is 0 Å². The van der Waals surface area contributed by atoms with Crippen molar-refractivity contribution in [3.05, 3.63) is 52.8 Å². The molecule has 0 saturated carbocycles. The summed E-state index contributed by atoms with van der Waals surface area (Å²) in [4.78, 5) is 11.8. The van der Waals surface area contributed by atoms with Gasteiger partial charge < -0.3 is 15.8 Å². The fourth-order valence-electron chi connectivity index (χ4n) is 1.81. The van der Waals surface area contributed by atoms with Gasteiger partial charge in [0, 0.05) is 22.1 Å². The van der Waals surface area contributed by atoms with Crippen molar-refractivity contribution in [1.82, 2.24) is 0 Å². The molecule has 21 heavy (non-hydrogen) atoms. The Balaban J connectivity index is 2.28. The number of halogens is 2. The topological polar surface area (TPSA) is 64.3 Å². The van der Waals surface area contributed by atoms with Crippen LogP contribution in [0.5, 0.6) is 0 Å². The zero-order chi connectivity index (χ0) is 15.4. The summed E-state index contributed by atoms with van der Waals surface area (Å²) < 4.78 is 18.2. The van der Waals surface area contributed by atoms with E-state index in [1.165, 1.54) is 12.1 Å². The molecule has 4 nitrogen and oxygen atoms in total. The molecule has 0 aliphatic carbocycles. The van der Waals surface area contributed by atoms with E-state index in [1.54, 1.807) is 31.2 Å². The van der Waals surface area contributed by atoms with Crippen molar-refractivity contribution in [2.45, 2.75) is 6.92 Å². The molecule has 0 saturated heterocycles. The molecule has 0 unspecified atom stereocenters. The Hall–Kier alpha value is -2.27. The number of nitrogen functional groups attached to an aromatic ring is 1. The first kappa shape index (κ1) is 15.1. The van der Waals surface area contributed by atoms with Crippen LogP contribution in [0.15, 0.2) is 36.4 Å². The number of carbonyl (C=O) groups excluding carboxylic acids is 1. The molecule has 6 heteroatoms. The van der Waals surface area contributed by atoms with E-state index in [4.69, 9.17) is 22.1 Å². The second-order valence-electron chi connectivity index (χ2n) is 4.31. The number of hydrogen-bond donors (Lipinski definition) is 2. The van der Waals surface area contributed by atoms with Gasteiger partial charge in [0.1, 0.15) is 5.82 Å². The van der Waals surface area contributed by atoms with E-state index in [1.807, 2.05) is 0 Å². The largest absolute Gasteiger partial charge is 0.462 e. The molecule has 0 bridgehead atoms. The van der Waals surface area contributed by atoms with E-state index in [0.29, 0.717) is 17.1 Å². The number of rotatable bonds is 4. The van der Waals surface area contributed by atoms with Crippen LogP contribution in [0.4, 0.5) is 21.5 Å². The number of ether oxygens (including phenoxy) is 1. The summed E-state index contributed by atoms with van der Waals surface area (Å²) in [5.41, 5.74) is 7.37. The smallest absolute Gasteiger partial charge is 0.340 e. The predicted octanol–water partition coefficient (Wildman–Crippen LogP) is 3.98. The second-order valence-corrected chi connectivity index (χ2v) is 4.74. The van der Waals surface area contributed by atoms with Gasteiger partial charge in [0.05, 0.1) is 12.2 Å². The van der Waals surface area contributed by atoms with Crippen molar-refractivity contribution in [3.8, 4) is 0 Å². The third-order valence-corrected chi connectivity index (χ3v) is 2.92. The third kappa shape index (κ3) is 3.86. The minimum Gasteiger partial charge on any atom is -0.462 e. The Kier molecular flexibility index (Phi) is 4.65. The molecule has 0 aliphatic heterocycles. The first-order chi connectivity index (χ1) is 9.99. The minimum absolute atomic E-state index is 0.254. The highest BCUT2D eigenvalue weighted by Crippen LogP contribution is 2.25. The number of anilines is 3. The summed E-state index contributed by atoms with van der Waals surface area (Å²) in [5, 5.41) is 3.24. The molecule has 3 N–H and O–H groups in total. The van der Waals surface area contributed by atoms with Crippen LogP contribution < -0.4 is 11.1 Å². The summed E-state index contributed by atoms with van der Waals surface area (Å²) in [6.07, 6.45) is 0. The van der Waals surface area contributed by atoms with Gasteiger partial charge in [0.15, 0.2) is 0 Å². The Labute approximate surface area is 126 Å². The van der Waals surface area contributed by atoms with Crippen LogP contribution in [0.2, 0.25) is 5.02 Å². The number of hydrogen-bond acceptors (Lipinski definition) is 4. The second kappa shape index (κ2) is 6.45. The summed E-state index contributed by atoms with van der Waals surface area (Å²) >= 11 is 5.79. The molecule has 110 valence electrons. The maximum Gasteiger partial charge on any atom is 0.340 e. The molecule has 2 rings (SSSR count). The van der Waals surface area contributed by atoms with Crippen molar-refractivity contribution in [2.75, 3.05) is 17.7 Å². The van der Waals surface area contributed by atoms with Gasteiger partial charge in [-0.25, -0.2) is 9.18 Å². The minimum atomic E-state index is -0.504. The summed E-state index contributed by atoms with van der Waals surface area (Å²) in [5.74, 6) is -0.956. The zero-order valence-electron chi connectivity index (χ0n) is 11.3. The van der Waals surface area contributed by atoms with Crippen LogP contribution >= 0.6 is 11.6 Å². The van der Waals surface area contributed by atoms with E-state index in [9.17, 15) is 9.18 Å². The van der Waals surface area contributed by atoms with E-state index in [-0.39, 0.29) is 17.2 Å². The fourth-order valence-corrected chi connectivity index (χ4v) is 2.03. The molecule has 0 atom stereocenters. The number of nitrogens with two attached hydrogens (primary N) is 1. The molecule has 0 aliphatic rings. The van der Waals surface area contributed by atoms with Crippen molar-refractivity contribution >= 4 is 34.6 Å². The highest BCUT2D eigenvalue weighted by Gasteiger charge is 2.12. The third-order valence-electron chi connectivity index (χ3n) is 2.70. The number of esters is 1. The molecule has 2 aromatic rings. The van der Waals surface area contributed by atoms with Crippen molar-refractivity contribution in [1.29, 1.82) is 0 Å². The summed E-state index contributed by atoms with van der Waals surface area (Å²) in [7, 11) is 0. The Bertz CT molecular complexity index is 656. The average Bonchev–Trinajstić information content (AvgIpc) is 2.40. The van der Waals surface area contributed by atoms with Crippen LogP contribution in [0.3, 0.4) is 0 Å². The van der Waals surface area contributed by atoms with Gasteiger partial charge in [-0.3, -0.25) is 0 Å². The van der Waals surface area contributed by atoms with E-state index >= 15 is 0 Å². The molecule has 0 fully saturated rings. The zero-order valence-corrected chi connectivity index (χ0v) is 12.1. The maximum atomic E-state index is 13.3. The lowest BCUT2D eigenvalue weighted by molar-refractivity contribution is 0.0527. The lowest BCUT2D eigenvalue weighted by atomic mass is 10.1. The maximum absolute atomic E-state index is 13.3. The quantitative estimate of drug-likeness (QED) is 0.662. The van der Waals surface area contributed by atoms with Gasteiger partial charge >= 0.3 is 5.97 Å². The number of nitrogens with one attached hydrogen (secondary N) is 1. The summed E-state index contributed by atoms with van der Waals surface area (Å²) in [6.45, 7) is 1.97. The summed E-state index contributed by atoms with van der Waals surface area (Å²) in [6, 6.07) is 8.88. The van der Waals surface area contributed by atoms with Crippen molar-refractivity contribution in [3.63, 3.8) is 0 Å². The normalized spacial score (nSPS) is 10.2.